The topological polar surface area (TPSA) is 69.7 Å². The van der Waals surface area contributed by atoms with Gasteiger partial charge in [-0.05, 0) is 31.5 Å². The summed E-state index contributed by atoms with van der Waals surface area (Å²) in [6.07, 6.45) is 9.89. The molecular formula is C18H22N6. The van der Waals surface area contributed by atoms with Crippen molar-refractivity contribution in [1.82, 2.24) is 25.5 Å². The quantitative estimate of drug-likeness (QED) is 0.773. The lowest BCUT2D eigenvalue weighted by molar-refractivity contribution is 0.432. The molecule has 1 aliphatic heterocycles. The van der Waals surface area contributed by atoms with E-state index in [0.29, 0.717) is 6.04 Å². The van der Waals surface area contributed by atoms with Gasteiger partial charge in [-0.15, -0.1) is 0 Å². The number of nitrogens with one attached hydrogen (secondary N) is 2. The van der Waals surface area contributed by atoms with Crippen LogP contribution < -0.4 is 10.2 Å². The highest BCUT2D eigenvalue weighted by Gasteiger charge is 2.22. The average Bonchev–Trinajstić information content (AvgIpc) is 3.07. The van der Waals surface area contributed by atoms with Crippen molar-refractivity contribution < 1.29 is 0 Å². The summed E-state index contributed by atoms with van der Waals surface area (Å²) in [5.74, 6) is 0. The zero-order valence-corrected chi connectivity index (χ0v) is 13.9. The van der Waals surface area contributed by atoms with Crippen molar-refractivity contribution >= 4 is 16.7 Å². The van der Waals surface area contributed by atoms with E-state index in [0.717, 1.165) is 36.4 Å². The summed E-state index contributed by atoms with van der Waals surface area (Å²) in [6.45, 7) is 5.30. The first-order valence-corrected chi connectivity index (χ1v) is 8.58. The maximum atomic E-state index is 4.50. The van der Waals surface area contributed by atoms with Crippen LogP contribution in [-0.2, 0) is 0 Å². The molecular weight excluding hydrogens is 300 g/mol. The number of H-pyrrole nitrogens is 1. The second-order valence-electron chi connectivity index (χ2n) is 6.23. The van der Waals surface area contributed by atoms with Gasteiger partial charge < -0.3 is 15.2 Å². The fraction of sp³-hybridized carbons (Fsp3) is 0.389. The third kappa shape index (κ3) is 2.73. The maximum absolute atomic E-state index is 4.50. The van der Waals surface area contributed by atoms with Crippen LogP contribution >= 0.6 is 0 Å². The molecule has 1 fully saturated rings. The van der Waals surface area contributed by atoms with E-state index in [1.54, 1.807) is 12.4 Å². The number of nitrogens with zero attached hydrogens (tertiary/aromatic N) is 4. The molecule has 24 heavy (non-hydrogen) atoms. The predicted molar refractivity (Wildman–Crippen MR) is 96.0 cm³/mol. The number of pyridine rings is 1. The second-order valence-corrected chi connectivity index (χ2v) is 6.23. The van der Waals surface area contributed by atoms with Crippen molar-refractivity contribution in [3.8, 4) is 11.1 Å². The Morgan fingerprint density at radius 1 is 1.29 bits per heavy atom. The van der Waals surface area contributed by atoms with Gasteiger partial charge in [-0.3, -0.25) is 0 Å². The van der Waals surface area contributed by atoms with Gasteiger partial charge in [0.1, 0.15) is 5.65 Å². The summed E-state index contributed by atoms with van der Waals surface area (Å²) in [7, 11) is 0. The van der Waals surface area contributed by atoms with Crippen LogP contribution in [0.25, 0.3) is 22.2 Å². The van der Waals surface area contributed by atoms with Crippen LogP contribution in [0, 0.1) is 0 Å². The molecule has 3 aromatic heterocycles. The average molecular weight is 322 g/mol. The smallest absolute Gasteiger partial charge is 0.139 e. The van der Waals surface area contributed by atoms with Crippen molar-refractivity contribution in [3.63, 3.8) is 0 Å². The number of aromatic amines is 1. The lowest BCUT2D eigenvalue weighted by atomic mass is 10.0. The number of piperidine rings is 1. The lowest BCUT2D eigenvalue weighted by Crippen LogP contribution is -2.45. The highest BCUT2D eigenvalue weighted by molar-refractivity contribution is 6.02. The van der Waals surface area contributed by atoms with Crippen LogP contribution in [0.4, 0.5) is 5.69 Å². The fourth-order valence-electron chi connectivity index (χ4n) is 3.63. The van der Waals surface area contributed by atoms with Gasteiger partial charge in [0, 0.05) is 53.7 Å². The molecule has 1 aliphatic rings. The van der Waals surface area contributed by atoms with E-state index in [2.05, 4.69) is 43.4 Å². The minimum absolute atomic E-state index is 0.553. The summed E-state index contributed by atoms with van der Waals surface area (Å²) in [6, 6.07) is 4.67. The summed E-state index contributed by atoms with van der Waals surface area (Å²) >= 11 is 0. The van der Waals surface area contributed by atoms with E-state index in [1.165, 1.54) is 23.9 Å². The molecule has 3 aromatic rings. The number of hydrogen-bond acceptors (Lipinski definition) is 5. The molecule has 0 radical (unpaired) electrons. The van der Waals surface area contributed by atoms with Gasteiger partial charge in [0.15, 0.2) is 0 Å². The monoisotopic (exact) mass is 322 g/mol. The molecule has 0 aromatic carbocycles. The van der Waals surface area contributed by atoms with Crippen molar-refractivity contribution in [2.45, 2.75) is 25.8 Å². The number of rotatable bonds is 4. The standard InChI is InChI=1S/C18H22N6/c1-2-19-14-4-3-9-24(12-14)16-6-7-20-18-17(16)15(11-21-18)13-5-8-22-23-10-13/h5-8,10-11,14,19H,2-4,9,12H2,1H3,(H,20,21)/t14-/m0/s1. The molecule has 1 saturated heterocycles. The molecule has 0 unspecified atom stereocenters. The highest BCUT2D eigenvalue weighted by Crippen LogP contribution is 2.35. The van der Waals surface area contributed by atoms with Gasteiger partial charge in [-0.25, -0.2) is 4.98 Å². The zero-order valence-electron chi connectivity index (χ0n) is 13.9. The molecule has 4 rings (SSSR count). The molecule has 6 heteroatoms. The Bertz CT molecular complexity index is 811. The highest BCUT2D eigenvalue weighted by atomic mass is 15.2. The number of hydrogen-bond donors (Lipinski definition) is 2. The Labute approximate surface area is 141 Å². The first kappa shape index (κ1) is 15.1. The second kappa shape index (κ2) is 6.57. The Kier molecular flexibility index (Phi) is 4.13. The van der Waals surface area contributed by atoms with E-state index in [4.69, 9.17) is 0 Å². The summed E-state index contributed by atoms with van der Waals surface area (Å²) in [5.41, 5.74) is 4.36. The van der Waals surface area contributed by atoms with E-state index < -0.39 is 0 Å². The van der Waals surface area contributed by atoms with E-state index in [1.807, 2.05) is 18.5 Å². The van der Waals surface area contributed by atoms with Crippen molar-refractivity contribution in [2.75, 3.05) is 24.5 Å². The summed E-state index contributed by atoms with van der Waals surface area (Å²) in [4.78, 5) is 10.3. The Balaban J connectivity index is 1.77. The van der Waals surface area contributed by atoms with E-state index in [9.17, 15) is 0 Å². The number of anilines is 1. The van der Waals surface area contributed by atoms with Gasteiger partial charge in [-0.1, -0.05) is 6.92 Å². The van der Waals surface area contributed by atoms with Crippen LogP contribution in [-0.4, -0.2) is 45.8 Å². The SMILES string of the molecule is CCN[C@H]1CCCN(c2ccnc3[nH]cc(-c4ccnnc4)c23)C1. The normalized spacial score (nSPS) is 18.2. The predicted octanol–water partition coefficient (Wildman–Crippen LogP) is 2.60. The van der Waals surface area contributed by atoms with Gasteiger partial charge in [0.25, 0.3) is 0 Å². The van der Waals surface area contributed by atoms with Crippen LogP contribution in [0.1, 0.15) is 19.8 Å². The Morgan fingerprint density at radius 3 is 3.08 bits per heavy atom. The fourth-order valence-corrected chi connectivity index (χ4v) is 3.63. The Morgan fingerprint density at radius 2 is 2.25 bits per heavy atom. The molecule has 0 saturated carbocycles. The van der Waals surface area contributed by atoms with Crippen molar-refractivity contribution in [3.05, 3.63) is 36.9 Å². The van der Waals surface area contributed by atoms with Crippen LogP contribution in [0.2, 0.25) is 0 Å². The molecule has 0 bridgehead atoms. The van der Waals surface area contributed by atoms with Crippen molar-refractivity contribution in [1.29, 1.82) is 0 Å². The lowest BCUT2D eigenvalue weighted by Gasteiger charge is -2.35. The summed E-state index contributed by atoms with van der Waals surface area (Å²) < 4.78 is 0. The summed E-state index contributed by atoms with van der Waals surface area (Å²) in [5, 5.41) is 12.7. The minimum Gasteiger partial charge on any atom is -0.369 e. The third-order valence-electron chi connectivity index (χ3n) is 4.70. The van der Waals surface area contributed by atoms with Gasteiger partial charge in [0.2, 0.25) is 0 Å². The molecule has 0 aliphatic carbocycles. The molecule has 0 spiro atoms. The molecule has 0 amide bonds. The Hall–Kier alpha value is -2.47. The number of aromatic nitrogens is 4. The first-order valence-electron chi connectivity index (χ1n) is 8.58. The minimum atomic E-state index is 0.553. The van der Waals surface area contributed by atoms with Crippen LogP contribution in [0.5, 0.6) is 0 Å². The molecule has 6 nitrogen and oxygen atoms in total. The number of likely N-dealkylation sites (N-methyl/N-ethyl adjacent to an activating group) is 1. The van der Waals surface area contributed by atoms with Gasteiger partial charge in [-0.2, -0.15) is 10.2 Å². The van der Waals surface area contributed by atoms with Crippen LogP contribution in [0.15, 0.2) is 36.9 Å². The molecule has 1 atom stereocenters. The molecule has 124 valence electrons. The van der Waals surface area contributed by atoms with Gasteiger partial charge >= 0.3 is 0 Å². The van der Waals surface area contributed by atoms with Crippen LogP contribution in [0.3, 0.4) is 0 Å². The van der Waals surface area contributed by atoms with E-state index in [-0.39, 0.29) is 0 Å². The number of fused-ring (bicyclic) bond motifs is 1. The molecule has 2 N–H and O–H groups in total. The van der Waals surface area contributed by atoms with Gasteiger partial charge in [0.05, 0.1) is 12.4 Å². The maximum Gasteiger partial charge on any atom is 0.139 e. The first-order chi connectivity index (χ1) is 11.9. The van der Waals surface area contributed by atoms with E-state index >= 15 is 0 Å². The zero-order chi connectivity index (χ0) is 16.4. The third-order valence-corrected chi connectivity index (χ3v) is 4.70. The molecule has 4 heterocycles. The largest absolute Gasteiger partial charge is 0.369 e. The van der Waals surface area contributed by atoms with Crippen molar-refractivity contribution in [2.24, 2.45) is 0 Å².